The molecule has 0 saturated heterocycles. The molecule has 0 radical (unpaired) electrons. The van der Waals surface area contributed by atoms with Gasteiger partial charge in [0.05, 0.1) is 0 Å². The molecule has 0 aromatic carbocycles. The van der Waals surface area contributed by atoms with Crippen molar-refractivity contribution in [3.63, 3.8) is 0 Å². The summed E-state index contributed by atoms with van der Waals surface area (Å²) in [5.41, 5.74) is 0. The van der Waals surface area contributed by atoms with Crippen molar-refractivity contribution >= 4 is 5.78 Å². The lowest BCUT2D eigenvalue weighted by Gasteiger charge is -1.97. The third-order valence-electron chi connectivity index (χ3n) is 3.14. The lowest BCUT2D eigenvalue weighted by Crippen LogP contribution is -1.88. The molecule has 0 atom stereocenters. The number of hydrogen-bond donors (Lipinski definition) is 0. The molecule has 0 aliphatic rings. The highest BCUT2D eigenvalue weighted by Gasteiger charge is 1.93. The first kappa shape index (κ1) is 20.7. The minimum Gasteiger partial charge on any atom is -0.300 e. The maximum absolute atomic E-state index is 10.5. The van der Waals surface area contributed by atoms with Crippen LogP contribution in [-0.2, 0) is 4.79 Å². The summed E-state index contributed by atoms with van der Waals surface area (Å²) in [7, 11) is 0. The first-order chi connectivity index (χ1) is 9.18. The van der Waals surface area contributed by atoms with E-state index in [0.717, 1.165) is 12.8 Å². The van der Waals surface area contributed by atoms with Crippen molar-refractivity contribution in [2.75, 3.05) is 0 Å². The molecule has 0 aliphatic heterocycles. The van der Waals surface area contributed by atoms with Crippen LogP contribution in [0.15, 0.2) is 12.7 Å². The van der Waals surface area contributed by atoms with Crippen LogP contribution in [0.1, 0.15) is 97.8 Å². The Hall–Kier alpha value is -0.590. The van der Waals surface area contributed by atoms with Crippen LogP contribution in [0.25, 0.3) is 0 Å². The fourth-order valence-electron chi connectivity index (χ4n) is 1.87. The fourth-order valence-corrected chi connectivity index (χ4v) is 1.87. The summed E-state index contributed by atoms with van der Waals surface area (Å²) in [6.45, 7) is 9.78. The summed E-state index contributed by atoms with van der Waals surface area (Å²) < 4.78 is 0. The molecule has 0 N–H and O–H groups in total. The molecule has 0 rings (SSSR count). The van der Waals surface area contributed by atoms with Gasteiger partial charge in [-0.05, 0) is 26.2 Å². The Bertz CT molecular complexity index is 184. The SMILES string of the molecule is C=CCCCCCC.CCCCCCCCC(C)=O. The predicted molar refractivity (Wildman–Crippen MR) is 87.6 cm³/mol. The average molecular weight is 268 g/mol. The lowest BCUT2D eigenvalue weighted by atomic mass is 10.1. The van der Waals surface area contributed by atoms with Crippen LogP contribution < -0.4 is 0 Å². The molecule has 0 saturated carbocycles. The number of carbonyl (C=O) groups is 1. The fraction of sp³-hybridized carbons (Fsp3) is 0.833. The second-order valence-electron chi connectivity index (χ2n) is 5.36. The number of hydrogen-bond acceptors (Lipinski definition) is 1. The van der Waals surface area contributed by atoms with Crippen LogP contribution in [0, 0.1) is 0 Å². The van der Waals surface area contributed by atoms with E-state index < -0.39 is 0 Å². The minimum absolute atomic E-state index is 0.334. The molecular weight excluding hydrogens is 232 g/mol. The summed E-state index contributed by atoms with van der Waals surface area (Å²) in [5, 5.41) is 0. The normalized spacial score (nSPS) is 9.63. The second-order valence-corrected chi connectivity index (χ2v) is 5.36. The molecule has 1 nitrogen and oxygen atoms in total. The van der Waals surface area contributed by atoms with Crippen LogP contribution in [0.3, 0.4) is 0 Å². The summed E-state index contributed by atoms with van der Waals surface area (Å²) >= 11 is 0. The lowest BCUT2D eigenvalue weighted by molar-refractivity contribution is -0.117. The van der Waals surface area contributed by atoms with Gasteiger partial charge in [0.1, 0.15) is 5.78 Å². The van der Waals surface area contributed by atoms with Crippen LogP contribution in [0.5, 0.6) is 0 Å². The number of carbonyl (C=O) groups excluding carboxylic acids is 1. The van der Waals surface area contributed by atoms with Crippen LogP contribution in [0.2, 0.25) is 0 Å². The van der Waals surface area contributed by atoms with Crippen molar-refractivity contribution in [1.29, 1.82) is 0 Å². The predicted octanol–water partition coefficient (Wildman–Crippen LogP) is 6.47. The quantitative estimate of drug-likeness (QED) is 0.293. The van der Waals surface area contributed by atoms with Crippen molar-refractivity contribution in [3.05, 3.63) is 12.7 Å². The van der Waals surface area contributed by atoms with E-state index in [1.54, 1.807) is 6.92 Å². The topological polar surface area (TPSA) is 17.1 Å². The molecule has 0 bridgehead atoms. The highest BCUT2D eigenvalue weighted by atomic mass is 16.1. The van der Waals surface area contributed by atoms with Crippen LogP contribution >= 0.6 is 0 Å². The number of unbranched alkanes of at least 4 members (excludes halogenated alkanes) is 9. The van der Waals surface area contributed by atoms with E-state index >= 15 is 0 Å². The minimum atomic E-state index is 0.334. The van der Waals surface area contributed by atoms with Crippen molar-refractivity contribution in [1.82, 2.24) is 0 Å². The Kier molecular flexibility index (Phi) is 21.5. The van der Waals surface area contributed by atoms with Crippen molar-refractivity contribution in [3.8, 4) is 0 Å². The zero-order chi connectivity index (χ0) is 14.8. The van der Waals surface area contributed by atoms with E-state index in [1.807, 2.05) is 6.08 Å². The van der Waals surface area contributed by atoms with Gasteiger partial charge in [-0.1, -0.05) is 71.3 Å². The third-order valence-corrected chi connectivity index (χ3v) is 3.14. The first-order valence-corrected chi connectivity index (χ1v) is 8.29. The van der Waals surface area contributed by atoms with Gasteiger partial charge >= 0.3 is 0 Å². The van der Waals surface area contributed by atoms with Gasteiger partial charge in [0.2, 0.25) is 0 Å². The van der Waals surface area contributed by atoms with E-state index in [-0.39, 0.29) is 0 Å². The second kappa shape index (κ2) is 19.7. The van der Waals surface area contributed by atoms with Gasteiger partial charge in [0, 0.05) is 6.42 Å². The van der Waals surface area contributed by atoms with Crippen LogP contribution in [0.4, 0.5) is 0 Å². The Balaban J connectivity index is 0. The van der Waals surface area contributed by atoms with Crippen LogP contribution in [-0.4, -0.2) is 5.78 Å². The smallest absolute Gasteiger partial charge is 0.129 e. The molecule has 0 amide bonds. The van der Waals surface area contributed by atoms with Gasteiger partial charge in [-0.3, -0.25) is 0 Å². The van der Waals surface area contributed by atoms with E-state index in [4.69, 9.17) is 0 Å². The van der Waals surface area contributed by atoms with Gasteiger partial charge in [-0.15, -0.1) is 6.58 Å². The highest BCUT2D eigenvalue weighted by Crippen LogP contribution is 2.06. The van der Waals surface area contributed by atoms with Gasteiger partial charge in [-0.2, -0.15) is 0 Å². The van der Waals surface area contributed by atoms with Gasteiger partial charge in [0.25, 0.3) is 0 Å². The van der Waals surface area contributed by atoms with Crippen molar-refractivity contribution in [2.24, 2.45) is 0 Å². The first-order valence-electron chi connectivity index (χ1n) is 8.29. The summed E-state index contributed by atoms with van der Waals surface area (Å²) in [5.74, 6) is 0.334. The Morgan fingerprint density at radius 2 is 1.32 bits per heavy atom. The molecule has 114 valence electrons. The maximum atomic E-state index is 10.5. The van der Waals surface area contributed by atoms with E-state index in [1.165, 1.54) is 64.2 Å². The molecule has 0 aliphatic carbocycles. The Labute approximate surface area is 121 Å². The average Bonchev–Trinajstić information content (AvgIpc) is 2.39. The standard InChI is InChI=1S/C10H20O.C8H16/c1-3-4-5-6-7-8-9-10(2)11;1-3-5-7-8-6-4-2/h3-9H2,1-2H3;3H,1,4-8H2,2H3. The van der Waals surface area contributed by atoms with Gasteiger partial charge in [-0.25, -0.2) is 0 Å². The monoisotopic (exact) mass is 268 g/mol. The van der Waals surface area contributed by atoms with E-state index in [0.29, 0.717) is 5.78 Å². The summed E-state index contributed by atoms with van der Waals surface area (Å²) in [4.78, 5) is 10.5. The zero-order valence-corrected chi connectivity index (χ0v) is 13.7. The molecule has 1 heteroatoms. The number of Topliss-reactive ketones (excluding diaryl/α,β-unsaturated/α-hetero) is 1. The van der Waals surface area contributed by atoms with Crippen molar-refractivity contribution < 1.29 is 4.79 Å². The van der Waals surface area contributed by atoms with E-state index in [2.05, 4.69) is 20.4 Å². The molecule has 0 heterocycles. The number of allylic oxidation sites excluding steroid dienone is 1. The molecule has 0 aromatic rings. The van der Waals surface area contributed by atoms with E-state index in [9.17, 15) is 4.79 Å². The summed E-state index contributed by atoms with van der Waals surface area (Å²) in [6.07, 6.45) is 17.0. The highest BCUT2D eigenvalue weighted by molar-refractivity contribution is 5.75. The molecule has 0 fully saturated rings. The number of ketones is 1. The Morgan fingerprint density at radius 1 is 0.842 bits per heavy atom. The van der Waals surface area contributed by atoms with Crippen molar-refractivity contribution in [2.45, 2.75) is 97.8 Å². The molecule has 0 spiro atoms. The largest absolute Gasteiger partial charge is 0.300 e. The van der Waals surface area contributed by atoms with Gasteiger partial charge in [0.15, 0.2) is 0 Å². The summed E-state index contributed by atoms with van der Waals surface area (Å²) in [6, 6.07) is 0. The molecular formula is C18H36O. The third kappa shape index (κ3) is 26.8. The zero-order valence-electron chi connectivity index (χ0n) is 13.7. The molecule has 0 aromatic heterocycles. The molecule has 19 heavy (non-hydrogen) atoms. The van der Waals surface area contributed by atoms with Gasteiger partial charge < -0.3 is 4.79 Å². The Morgan fingerprint density at radius 3 is 1.79 bits per heavy atom. The maximum Gasteiger partial charge on any atom is 0.129 e. The molecule has 0 unspecified atom stereocenters. The number of rotatable bonds is 12.